The van der Waals surface area contributed by atoms with Crippen molar-refractivity contribution >= 4 is 36.0 Å². The summed E-state index contributed by atoms with van der Waals surface area (Å²) >= 11 is 0. The van der Waals surface area contributed by atoms with E-state index in [0.29, 0.717) is 6.41 Å². The monoisotopic (exact) mass is 122 g/mol. The molecule has 1 unspecified atom stereocenters. The topological polar surface area (TPSA) is 52.9 Å². The fourth-order valence-electron chi connectivity index (χ4n) is 0.139. The second kappa shape index (κ2) is 6.96. The molecule has 1 atom stereocenters. The molecule has 4 heteroatoms. The van der Waals surface area contributed by atoms with Crippen molar-refractivity contribution in [2.45, 2.75) is 13.0 Å². The van der Waals surface area contributed by atoms with Crippen LogP contribution >= 0.6 is 0 Å². The molecule has 0 aliphatic rings. The molecule has 0 bridgehead atoms. The van der Waals surface area contributed by atoms with Gasteiger partial charge in [-0.15, -0.1) is 0 Å². The van der Waals surface area contributed by atoms with E-state index >= 15 is 0 Å². The summed E-state index contributed by atoms with van der Waals surface area (Å²) in [4.78, 5) is 9.51. The van der Waals surface area contributed by atoms with Gasteiger partial charge in [0.05, 0.1) is 6.07 Å². The van der Waals surface area contributed by atoms with E-state index in [1.54, 1.807) is 6.92 Å². The van der Waals surface area contributed by atoms with Crippen LogP contribution in [0.2, 0.25) is 0 Å². The van der Waals surface area contributed by atoms with E-state index < -0.39 is 0 Å². The van der Waals surface area contributed by atoms with Crippen molar-refractivity contribution in [2.75, 3.05) is 0 Å². The molecule has 1 amide bonds. The van der Waals surface area contributed by atoms with Gasteiger partial charge in [0.15, 0.2) is 0 Å². The number of carbonyl (C=O) groups excluding carboxylic acids is 1. The van der Waals surface area contributed by atoms with Crippen LogP contribution in [0, 0.1) is 11.3 Å². The van der Waals surface area contributed by atoms with Crippen LogP contribution in [0.4, 0.5) is 0 Å². The van der Waals surface area contributed by atoms with Gasteiger partial charge in [-0.05, 0) is 6.92 Å². The van der Waals surface area contributed by atoms with Gasteiger partial charge < -0.3 is 5.32 Å². The maximum atomic E-state index is 9.51. The standard InChI is InChI=1S/C4H6N2O.Na.H/c1-4(2-5)6-3-7;;/h3-4H,1H3,(H,6,7);;. The van der Waals surface area contributed by atoms with Crippen LogP contribution in [-0.2, 0) is 4.79 Å². The first-order valence-electron chi connectivity index (χ1n) is 1.90. The molecule has 3 nitrogen and oxygen atoms in total. The quantitative estimate of drug-likeness (QED) is 0.377. The summed E-state index contributed by atoms with van der Waals surface area (Å²) in [5.41, 5.74) is 0. The van der Waals surface area contributed by atoms with Crippen LogP contribution in [0.15, 0.2) is 0 Å². The molecule has 0 spiro atoms. The Hall–Kier alpha value is -0.0400. The number of hydrogen-bond donors (Lipinski definition) is 1. The fraction of sp³-hybridized carbons (Fsp3) is 0.500. The average Bonchev–Trinajstić information content (AvgIpc) is 1.68. The number of nitrogens with one attached hydrogen (secondary N) is 1. The molecule has 0 aliphatic carbocycles. The van der Waals surface area contributed by atoms with Gasteiger partial charge in [0, 0.05) is 0 Å². The Bertz CT molecular complexity index is 98.7. The van der Waals surface area contributed by atoms with Gasteiger partial charge in [-0.25, -0.2) is 0 Å². The number of amides is 1. The van der Waals surface area contributed by atoms with Crippen molar-refractivity contribution < 1.29 is 4.79 Å². The summed E-state index contributed by atoms with van der Waals surface area (Å²) in [6, 6.07) is 1.46. The van der Waals surface area contributed by atoms with Crippen molar-refractivity contribution in [3.8, 4) is 6.07 Å². The third kappa shape index (κ3) is 5.96. The minimum absolute atomic E-state index is 0. The summed E-state index contributed by atoms with van der Waals surface area (Å²) in [6.07, 6.45) is 0.508. The minimum atomic E-state index is -0.363. The van der Waals surface area contributed by atoms with E-state index in [4.69, 9.17) is 5.26 Å². The Morgan fingerprint density at radius 1 is 1.88 bits per heavy atom. The molecule has 0 fully saturated rings. The maximum absolute atomic E-state index is 9.51. The molecule has 40 valence electrons. The number of rotatable bonds is 2. The van der Waals surface area contributed by atoms with Crippen LogP contribution in [0.25, 0.3) is 0 Å². The summed E-state index contributed by atoms with van der Waals surface area (Å²) in [7, 11) is 0. The van der Waals surface area contributed by atoms with Gasteiger partial charge >= 0.3 is 29.6 Å². The molecular weight excluding hydrogens is 115 g/mol. The van der Waals surface area contributed by atoms with Crippen molar-refractivity contribution in [1.82, 2.24) is 5.32 Å². The molecule has 0 saturated heterocycles. The third-order valence-corrected chi connectivity index (χ3v) is 0.512. The Morgan fingerprint density at radius 3 is 2.50 bits per heavy atom. The van der Waals surface area contributed by atoms with Crippen LogP contribution in [0.1, 0.15) is 6.92 Å². The summed E-state index contributed by atoms with van der Waals surface area (Å²) in [5.74, 6) is 0. The van der Waals surface area contributed by atoms with Gasteiger partial charge in [0.2, 0.25) is 6.41 Å². The van der Waals surface area contributed by atoms with E-state index in [1.165, 1.54) is 0 Å². The molecule has 8 heavy (non-hydrogen) atoms. The normalized spacial score (nSPS) is 10.0. The summed E-state index contributed by atoms with van der Waals surface area (Å²) in [5, 5.41) is 10.2. The molecule has 0 radical (unpaired) electrons. The predicted octanol–water partition coefficient (Wildman–Crippen LogP) is -1.00. The van der Waals surface area contributed by atoms with E-state index in [9.17, 15) is 4.79 Å². The number of nitriles is 1. The second-order valence-electron chi connectivity index (χ2n) is 1.14. The number of nitrogens with zero attached hydrogens (tertiary/aromatic N) is 1. The van der Waals surface area contributed by atoms with Crippen LogP contribution in [-0.4, -0.2) is 42.0 Å². The predicted molar refractivity (Wildman–Crippen MR) is 31.4 cm³/mol. The molecule has 0 rings (SSSR count). The first-order chi connectivity index (χ1) is 3.31. The van der Waals surface area contributed by atoms with Crippen LogP contribution in [0.5, 0.6) is 0 Å². The summed E-state index contributed by atoms with van der Waals surface area (Å²) in [6.45, 7) is 1.61. The molecule has 0 aliphatic heterocycles. The molecule has 1 N–H and O–H groups in total. The van der Waals surface area contributed by atoms with Gasteiger partial charge in [-0.1, -0.05) is 0 Å². The van der Waals surface area contributed by atoms with E-state index in [-0.39, 0.29) is 35.6 Å². The van der Waals surface area contributed by atoms with Gasteiger partial charge in [-0.2, -0.15) is 5.26 Å². The van der Waals surface area contributed by atoms with Crippen molar-refractivity contribution in [1.29, 1.82) is 5.26 Å². The first kappa shape index (κ1) is 10.9. The zero-order chi connectivity index (χ0) is 5.70. The Morgan fingerprint density at radius 2 is 2.38 bits per heavy atom. The fourth-order valence-corrected chi connectivity index (χ4v) is 0.139. The van der Waals surface area contributed by atoms with Gasteiger partial charge in [0.25, 0.3) is 0 Å². The van der Waals surface area contributed by atoms with Gasteiger partial charge in [0.1, 0.15) is 6.04 Å². The Balaban J connectivity index is 0. The molecule has 0 aromatic carbocycles. The molecular formula is C4H7N2NaO. The SMILES string of the molecule is CC(C#N)NC=O.[NaH]. The van der Waals surface area contributed by atoms with E-state index in [2.05, 4.69) is 5.32 Å². The van der Waals surface area contributed by atoms with Crippen molar-refractivity contribution in [3.05, 3.63) is 0 Å². The third-order valence-electron chi connectivity index (χ3n) is 0.512. The molecule has 0 heterocycles. The molecule has 0 aromatic heterocycles. The molecule has 0 saturated carbocycles. The van der Waals surface area contributed by atoms with E-state index in [0.717, 1.165) is 0 Å². The first-order valence-corrected chi connectivity index (χ1v) is 1.90. The molecule has 0 aromatic rings. The van der Waals surface area contributed by atoms with E-state index in [1.807, 2.05) is 6.07 Å². The van der Waals surface area contributed by atoms with Crippen molar-refractivity contribution in [3.63, 3.8) is 0 Å². The number of carbonyl (C=O) groups is 1. The second-order valence-corrected chi connectivity index (χ2v) is 1.14. The number of hydrogen-bond acceptors (Lipinski definition) is 2. The zero-order valence-corrected chi connectivity index (χ0v) is 4.01. The Kier molecular flexibility index (Phi) is 9.44. The van der Waals surface area contributed by atoms with Crippen LogP contribution in [0.3, 0.4) is 0 Å². The summed E-state index contributed by atoms with van der Waals surface area (Å²) < 4.78 is 0. The zero-order valence-electron chi connectivity index (χ0n) is 4.01. The van der Waals surface area contributed by atoms with Crippen molar-refractivity contribution in [2.24, 2.45) is 0 Å². The Labute approximate surface area is 70.4 Å². The van der Waals surface area contributed by atoms with Crippen LogP contribution < -0.4 is 5.32 Å². The van der Waals surface area contributed by atoms with Gasteiger partial charge in [-0.3, -0.25) is 4.79 Å². The average molecular weight is 122 g/mol.